The first-order chi connectivity index (χ1) is 10.2. The van der Waals surface area contributed by atoms with Crippen LogP contribution in [0.5, 0.6) is 0 Å². The van der Waals surface area contributed by atoms with Crippen LogP contribution in [0.2, 0.25) is 0 Å². The molecule has 1 heterocycles. The molecule has 0 bridgehead atoms. The van der Waals surface area contributed by atoms with Gasteiger partial charge in [0.1, 0.15) is 6.33 Å². The lowest BCUT2D eigenvalue weighted by Crippen LogP contribution is -2.12. The summed E-state index contributed by atoms with van der Waals surface area (Å²) in [4.78, 5) is 19.8. The lowest BCUT2D eigenvalue weighted by Gasteiger charge is -2.06. The monoisotopic (exact) mass is 281 g/mol. The standard InChI is InChI=1S/C16H15N3O2/c1-12-5-6-14(8-13(12)4-2-3-7-20)16(21)19-15-9-17-11-18-10-15/h5-6,8-11,20H,3,7H2,1H3,(H,19,21). The van der Waals surface area contributed by atoms with Crippen LogP contribution < -0.4 is 5.32 Å². The molecule has 0 aliphatic rings. The van der Waals surface area contributed by atoms with E-state index in [1.165, 1.54) is 18.7 Å². The molecule has 5 nitrogen and oxygen atoms in total. The van der Waals surface area contributed by atoms with Gasteiger partial charge >= 0.3 is 0 Å². The highest BCUT2D eigenvalue weighted by Gasteiger charge is 2.08. The van der Waals surface area contributed by atoms with E-state index >= 15 is 0 Å². The second kappa shape index (κ2) is 7.17. The van der Waals surface area contributed by atoms with Crippen LogP contribution in [0.3, 0.4) is 0 Å². The number of benzene rings is 1. The number of aliphatic hydroxyl groups excluding tert-OH is 1. The average Bonchev–Trinajstić information content (AvgIpc) is 2.50. The highest BCUT2D eigenvalue weighted by Crippen LogP contribution is 2.12. The van der Waals surface area contributed by atoms with Crippen molar-refractivity contribution in [2.75, 3.05) is 11.9 Å². The number of hydrogen-bond acceptors (Lipinski definition) is 4. The fourth-order valence-electron chi connectivity index (χ4n) is 1.68. The lowest BCUT2D eigenvalue weighted by molar-refractivity contribution is 0.102. The predicted octanol–water partition coefficient (Wildman–Crippen LogP) is 1.77. The number of nitrogens with zero attached hydrogens (tertiary/aromatic N) is 2. The minimum atomic E-state index is -0.241. The Morgan fingerprint density at radius 3 is 2.81 bits per heavy atom. The van der Waals surface area contributed by atoms with Crippen LogP contribution in [-0.4, -0.2) is 27.6 Å². The first-order valence-corrected chi connectivity index (χ1v) is 6.47. The molecule has 2 rings (SSSR count). The van der Waals surface area contributed by atoms with Crippen LogP contribution in [0.15, 0.2) is 36.9 Å². The SMILES string of the molecule is Cc1ccc(C(=O)Nc2cncnc2)cc1C#CCCO. The third kappa shape index (κ3) is 4.13. The van der Waals surface area contributed by atoms with Crippen molar-refractivity contribution in [3.8, 4) is 11.8 Å². The summed E-state index contributed by atoms with van der Waals surface area (Å²) in [6.07, 6.45) is 4.87. The van der Waals surface area contributed by atoms with E-state index in [-0.39, 0.29) is 12.5 Å². The Kier molecular flexibility index (Phi) is 5.02. The average molecular weight is 281 g/mol. The first kappa shape index (κ1) is 14.7. The molecule has 0 atom stereocenters. The molecule has 0 saturated heterocycles. The molecule has 0 saturated carbocycles. The maximum Gasteiger partial charge on any atom is 0.255 e. The summed E-state index contributed by atoms with van der Waals surface area (Å²) in [7, 11) is 0. The van der Waals surface area contributed by atoms with Crippen molar-refractivity contribution in [1.82, 2.24) is 9.97 Å². The van der Waals surface area contributed by atoms with E-state index in [0.717, 1.165) is 11.1 Å². The topological polar surface area (TPSA) is 75.1 Å². The number of anilines is 1. The van der Waals surface area contributed by atoms with Gasteiger partial charge in [0.25, 0.3) is 5.91 Å². The number of aryl methyl sites for hydroxylation is 1. The third-order valence-electron chi connectivity index (χ3n) is 2.78. The number of carbonyl (C=O) groups excluding carboxylic acids is 1. The van der Waals surface area contributed by atoms with E-state index in [4.69, 9.17) is 5.11 Å². The molecule has 5 heteroatoms. The summed E-state index contributed by atoms with van der Waals surface area (Å²) in [5, 5.41) is 11.5. The van der Waals surface area contributed by atoms with Gasteiger partial charge in [0, 0.05) is 17.5 Å². The van der Waals surface area contributed by atoms with Gasteiger partial charge < -0.3 is 10.4 Å². The van der Waals surface area contributed by atoms with Crippen molar-refractivity contribution in [3.05, 3.63) is 53.6 Å². The zero-order chi connectivity index (χ0) is 15.1. The second-order valence-electron chi connectivity index (χ2n) is 4.39. The highest BCUT2D eigenvalue weighted by atomic mass is 16.2. The molecule has 21 heavy (non-hydrogen) atoms. The summed E-state index contributed by atoms with van der Waals surface area (Å²) in [6, 6.07) is 5.32. The molecule has 0 fully saturated rings. The molecule has 0 unspecified atom stereocenters. The summed E-state index contributed by atoms with van der Waals surface area (Å²) in [6.45, 7) is 1.95. The van der Waals surface area contributed by atoms with E-state index in [1.807, 2.05) is 13.0 Å². The molecule has 1 aromatic carbocycles. The maximum atomic E-state index is 12.2. The van der Waals surface area contributed by atoms with Crippen molar-refractivity contribution in [1.29, 1.82) is 0 Å². The normalized spacial score (nSPS) is 9.62. The van der Waals surface area contributed by atoms with Crippen molar-refractivity contribution in [3.63, 3.8) is 0 Å². The van der Waals surface area contributed by atoms with Crippen molar-refractivity contribution in [2.24, 2.45) is 0 Å². The third-order valence-corrected chi connectivity index (χ3v) is 2.78. The maximum absolute atomic E-state index is 12.2. The van der Waals surface area contributed by atoms with Crippen molar-refractivity contribution in [2.45, 2.75) is 13.3 Å². The first-order valence-electron chi connectivity index (χ1n) is 6.47. The molecule has 1 aromatic heterocycles. The summed E-state index contributed by atoms with van der Waals surface area (Å²) < 4.78 is 0. The Bertz CT molecular complexity index is 688. The number of amides is 1. The van der Waals surface area contributed by atoms with Gasteiger partial charge in [-0.15, -0.1) is 0 Å². The van der Waals surface area contributed by atoms with Gasteiger partial charge in [-0.05, 0) is 24.6 Å². The summed E-state index contributed by atoms with van der Waals surface area (Å²) in [5.74, 6) is 5.57. The van der Waals surface area contributed by atoms with Crippen LogP contribution in [0.1, 0.15) is 27.9 Å². The van der Waals surface area contributed by atoms with E-state index in [1.54, 1.807) is 12.1 Å². The lowest BCUT2D eigenvalue weighted by atomic mass is 10.0. The Morgan fingerprint density at radius 2 is 2.10 bits per heavy atom. The van der Waals surface area contributed by atoms with Gasteiger partial charge in [0.15, 0.2) is 0 Å². The largest absolute Gasteiger partial charge is 0.395 e. The number of carbonyl (C=O) groups is 1. The Morgan fingerprint density at radius 1 is 1.33 bits per heavy atom. The molecule has 0 aliphatic carbocycles. The smallest absolute Gasteiger partial charge is 0.255 e. The van der Waals surface area contributed by atoms with Gasteiger partial charge in [-0.1, -0.05) is 17.9 Å². The predicted molar refractivity (Wildman–Crippen MR) is 79.7 cm³/mol. The quantitative estimate of drug-likeness (QED) is 0.841. The van der Waals surface area contributed by atoms with Crippen LogP contribution in [0.4, 0.5) is 5.69 Å². The van der Waals surface area contributed by atoms with Gasteiger partial charge in [0.05, 0.1) is 24.7 Å². The fraction of sp³-hybridized carbons (Fsp3) is 0.188. The molecule has 1 amide bonds. The second-order valence-corrected chi connectivity index (χ2v) is 4.39. The van der Waals surface area contributed by atoms with Crippen LogP contribution >= 0.6 is 0 Å². The zero-order valence-corrected chi connectivity index (χ0v) is 11.6. The van der Waals surface area contributed by atoms with Gasteiger partial charge in [-0.3, -0.25) is 4.79 Å². The van der Waals surface area contributed by atoms with Crippen LogP contribution in [-0.2, 0) is 0 Å². The Balaban J connectivity index is 2.19. The van der Waals surface area contributed by atoms with E-state index in [9.17, 15) is 4.79 Å². The number of aromatic nitrogens is 2. The molecule has 2 N–H and O–H groups in total. The summed E-state index contributed by atoms with van der Waals surface area (Å²) in [5.41, 5.74) is 2.81. The molecule has 0 spiro atoms. The minimum absolute atomic E-state index is 0.0280. The molecular formula is C16H15N3O2. The Labute approximate surface area is 123 Å². The zero-order valence-electron chi connectivity index (χ0n) is 11.6. The van der Waals surface area contributed by atoms with Crippen LogP contribution in [0, 0.1) is 18.8 Å². The minimum Gasteiger partial charge on any atom is -0.395 e. The molecular weight excluding hydrogens is 266 g/mol. The number of rotatable bonds is 3. The van der Waals surface area contributed by atoms with E-state index in [2.05, 4.69) is 27.1 Å². The van der Waals surface area contributed by atoms with Gasteiger partial charge in [-0.2, -0.15) is 0 Å². The van der Waals surface area contributed by atoms with Crippen molar-refractivity contribution < 1.29 is 9.90 Å². The highest BCUT2D eigenvalue weighted by molar-refractivity contribution is 6.04. The molecule has 2 aromatic rings. The van der Waals surface area contributed by atoms with Gasteiger partial charge in [0.2, 0.25) is 0 Å². The molecule has 0 aliphatic heterocycles. The van der Waals surface area contributed by atoms with Gasteiger partial charge in [-0.25, -0.2) is 9.97 Å². The number of aliphatic hydroxyl groups is 1. The van der Waals surface area contributed by atoms with Crippen LogP contribution in [0.25, 0.3) is 0 Å². The molecule has 106 valence electrons. The van der Waals surface area contributed by atoms with Crippen molar-refractivity contribution >= 4 is 11.6 Å². The number of hydrogen-bond donors (Lipinski definition) is 2. The summed E-state index contributed by atoms with van der Waals surface area (Å²) >= 11 is 0. The Hall–Kier alpha value is -2.71. The molecule has 0 radical (unpaired) electrons. The van der Waals surface area contributed by atoms with E-state index in [0.29, 0.717) is 17.7 Å². The van der Waals surface area contributed by atoms with E-state index < -0.39 is 0 Å². The number of nitrogens with one attached hydrogen (secondary N) is 1. The fourth-order valence-corrected chi connectivity index (χ4v) is 1.68.